The van der Waals surface area contributed by atoms with Gasteiger partial charge in [0, 0.05) is 6.54 Å². The summed E-state index contributed by atoms with van der Waals surface area (Å²) < 4.78 is 0. The molecule has 2 heterocycles. The molecule has 0 spiro atoms. The van der Waals surface area contributed by atoms with Crippen molar-refractivity contribution < 1.29 is 5.11 Å². The van der Waals surface area contributed by atoms with E-state index >= 15 is 0 Å². The number of aromatic nitrogens is 4. The minimum atomic E-state index is -0.284. The molecule has 6 nitrogen and oxygen atoms in total. The summed E-state index contributed by atoms with van der Waals surface area (Å²) in [5.41, 5.74) is 1.42. The lowest BCUT2D eigenvalue weighted by molar-refractivity contribution is 0.164. The third-order valence-electron chi connectivity index (χ3n) is 2.87. The van der Waals surface area contributed by atoms with Crippen LogP contribution in [0.1, 0.15) is 12.8 Å². The smallest absolute Gasteiger partial charge is 0.182 e. The second-order valence-corrected chi connectivity index (χ2v) is 4.11. The van der Waals surface area contributed by atoms with Crippen molar-refractivity contribution in [3.63, 3.8) is 0 Å². The lowest BCUT2D eigenvalue weighted by Crippen LogP contribution is -2.21. The summed E-state index contributed by atoms with van der Waals surface area (Å²) in [7, 11) is 0. The minimum absolute atomic E-state index is 0.284. The van der Waals surface area contributed by atoms with Gasteiger partial charge in [-0.15, -0.1) is 0 Å². The highest BCUT2D eigenvalue weighted by Gasteiger charge is 2.29. The van der Waals surface area contributed by atoms with Gasteiger partial charge in [0.2, 0.25) is 0 Å². The van der Waals surface area contributed by atoms with Crippen LogP contribution in [0.5, 0.6) is 0 Å². The van der Waals surface area contributed by atoms with Crippen molar-refractivity contribution >= 4 is 17.0 Å². The second kappa shape index (κ2) is 3.71. The van der Waals surface area contributed by atoms with E-state index in [0.717, 1.165) is 18.4 Å². The first-order chi connectivity index (χ1) is 7.84. The van der Waals surface area contributed by atoms with E-state index in [1.165, 1.54) is 6.33 Å². The van der Waals surface area contributed by atoms with E-state index in [1.807, 2.05) is 0 Å². The molecule has 16 heavy (non-hydrogen) atoms. The predicted octanol–water partition coefficient (Wildman–Crippen LogP) is 0.536. The van der Waals surface area contributed by atoms with Gasteiger partial charge in [0.25, 0.3) is 0 Å². The highest BCUT2D eigenvalue weighted by molar-refractivity contribution is 5.81. The fourth-order valence-corrected chi connectivity index (χ4v) is 1.75. The molecule has 2 aromatic heterocycles. The number of hydrogen-bond acceptors (Lipinski definition) is 5. The summed E-state index contributed by atoms with van der Waals surface area (Å²) in [6, 6.07) is 0. The third-order valence-corrected chi connectivity index (χ3v) is 2.87. The molecular weight excluding hydrogens is 206 g/mol. The van der Waals surface area contributed by atoms with Gasteiger partial charge in [-0.3, -0.25) is 0 Å². The van der Waals surface area contributed by atoms with Gasteiger partial charge < -0.3 is 15.4 Å². The molecule has 1 atom stereocenters. The van der Waals surface area contributed by atoms with Crippen LogP contribution >= 0.6 is 0 Å². The number of rotatable bonds is 4. The van der Waals surface area contributed by atoms with E-state index in [1.54, 1.807) is 6.33 Å². The summed E-state index contributed by atoms with van der Waals surface area (Å²) in [4.78, 5) is 15.2. The van der Waals surface area contributed by atoms with Crippen LogP contribution in [-0.4, -0.2) is 37.7 Å². The molecule has 3 N–H and O–H groups in total. The summed E-state index contributed by atoms with van der Waals surface area (Å²) in [5, 5.41) is 12.9. The summed E-state index contributed by atoms with van der Waals surface area (Å²) >= 11 is 0. The number of aliphatic hydroxyl groups is 1. The summed E-state index contributed by atoms with van der Waals surface area (Å²) in [6.45, 7) is 0.524. The van der Waals surface area contributed by atoms with Crippen LogP contribution < -0.4 is 5.32 Å². The van der Waals surface area contributed by atoms with Gasteiger partial charge >= 0.3 is 0 Å². The summed E-state index contributed by atoms with van der Waals surface area (Å²) in [6.07, 6.45) is 5.03. The zero-order chi connectivity index (χ0) is 11.0. The number of imidazole rings is 1. The molecule has 1 unspecified atom stereocenters. The van der Waals surface area contributed by atoms with Gasteiger partial charge in [-0.1, -0.05) is 0 Å². The molecular formula is C10H13N5O. The predicted molar refractivity (Wildman–Crippen MR) is 58.9 cm³/mol. The van der Waals surface area contributed by atoms with Crippen molar-refractivity contribution in [3.8, 4) is 0 Å². The Morgan fingerprint density at radius 2 is 2.31 bits per heavy atom. The minimum Gasteiger partial charge on any atom is -0.391 e. The maximum absolute atomic E-state index is 9.74. The van der Waals surface area contributed by atoms with Gasteiger partial charge in [-0.25, -0.2) is 15.0 Å². The number of aromatic amines is 1. The van der Waals surface area contributed by atoms with E-state index in [2.05, 4.69) is 25.3 Å². The molecule has 0 aliphatic heterocycles. The zero-order valence-electron chi connectivity index (χ0n) is 8.72. The largest absolute Gasteiger partial charge is 0.391 e. The second-order valence-electron chi connectivity index (χ2n) is 4.11. The first-order valence-corrected chi connectivity index (χ1v) is 5.40. The molecule has 1 aliphatic carbocycles. The molecule has 0 radical (unpaired) electrons. The quantitative estimate of drug-likeness (QED) is 0.698. The Balaban J connectivity index is 1.75. The number of aliphatic hydroxyl groups excluding tert-OH is 1. The molecule has 1 saturated carbocycles. The molecule has 0 saturated heterocycles. The average molecular weight is 219 g/mol. The van der Waals surface area contributed by atoms with Crippen molar-refractivity contribution in [1.29, 1.82) is 0 Å². The van der Waals surface area contributed by atoms with Crippen molar-refractivity contribution in [2.45, 2.75) is 18.9 Å². The molecule has 84 valence electrons. The Bertz CT molecular complexity index is 493. The fourth-order valence-electron chi connectivity index (χ4n) is 1.75. The van der Waals surface area contributed by atoms with E-state index in [-0.39, 0.29) is 6.10 Å². The summed E-state index contributed by atoms with van der Waals surface area (Å²) in [5.74, 6) is 1.16. The number of fused-ring (bicyclic) bond motifs is 1. The van der Waals surface area contributed by atoms with Crippen LogP contribution in [0.25, 0.3) is 11.2 Å². The Hall–Kier alpha value is -1.69. The topological polar surface area (TPSA) is 86.7 Å². The molecule has 2 aromatic rings. The first-order valence-electron chi connectivity index (χ1n) is 5.40. The molecule has 3 rings (SSSR count). The lowest BCUT2D eigenvalue weighted by atomic mass is 10.2. The van der Waals surface area contributed by atoms with Gasteiger partial charge in [-0.2, -0.15) is 0 Å². The fraction of sp³-hybridized carbons (Fsp3) is 0.500. The van der Waals surface area contributed by atoms with Crippen LogP contribution in [0.15, 0.2) is 12.7 Å². The van der Waals surface area contributed by atoms with Crippen molar-refractivity contribution in [2.24, 2.45) is 5.92 Å². The number of anilines is 1. The van der Waals surface area contributed by atoms with Crippen LogP contribution in [0, 0.1) is 5.92 Å². The van der Waals surface area contributed by atoms with Crippen molar-refractivity contribution in [3.05, 3.63) is 12.7 Å². The van der Waals surface area contributed by atoms with Gasteiger partial charge in [0.1, 0.15) is 11.8 Å². The van der Waals surface area contributed by atoms with Crippen molar-refractivity contribution in [2.75, 3.05) is 11.9 Å². The zero-order valence-corrected chi connectivity index (χ0v) is 8.72. The first kappa shape index (κ1) is 9.53. The third kappa shape index (κ3) is 1.71. The number of nitrogens with zero attached hydrogens (tertiary/aromatic N) is 3. The molecule has 0 amide bonds. The highest BCUT2D eigenvalue weighted by atomic mass is 16.3. The maximum Gasteiger partial charge on any atom is 0.182 e. The molecule has 6 heteroatoms. The van der Waals surface area contributed by atoms with Crippen LogP contribution in [0.2, 0.25) is 0 Å². The van der Waals surface area contributed by atoms with Gasteiger partial charge in [0.15, 0.2) is 11.5 Å². The van der Waals surface area contributed by atoms with Crippen LogP contribution in [0.3, 0.4) is 0 Å². The Morgan fingerprint density at radius 3 is 3.12 bits per heavy atom. The monoisotopic (exact) mass is 219 g/mol. The number of hydrogen-bond donors (Lipinski definition) is 3. The molecule has 1 aliphatic rings. The molecule has 0 bridgehead atoms. The molecule has 0 aromatic carbocycles. The van der Waals surface area contributed by atoms with Crippen LogP contribution in [0.4, 0.5) is 5.82 Å². The van der Waals surface area contributed by atoms with E-state index in [4.69, 9.17) is 0 Å². The Morgan fingerprint density at radius 1 is 1.44 bits per heavy atom. The SMILES string of the molecule is OC(CNc1ncnc2nc[nH]c12)C1CC1. The lowest BCUT2D eigenvalue weighted by Gasteiger charge is -2.10. The normalized spacial score (nSPS) is 17.6. The van der Waals surface area contributed by atoms with Gasteiger partial charge in [0.05, 0.1) is 12.4 Å². The van der Waals surface area contributed by atoms with E-state index in [9.17, 15) is 5.11 Å². The number of H-pyrrole nitrogens is 1. The maximum atomic E-state index is 9.74. The molecule has 1 fully saturated rings. The Kier molecular flexibility index (Phi) is 2.21. The van der Waals surface area contributed by atoms with Crippen molar-refractivity contribution in [1.82, 2.24) is 19.9 Å². The van der Waals surface area contributed by atoms with E-state index in [0.29, 0.717) is 23.9 Å². The highest BCUT2D eigenvalue weighted by Crippen LogP contribution is 2.32. The van der Waals surface area contributed by atoms with E-state index < -0.39 is 0 Å². The average Bonchev–Trinajstić information content (AvgIpc) is 3.04. The number of nitrogens with one attached hydrogen (secondary N) is 2. The Labute approximate surface area is 92.1 Å². The standard InChI is InChI=1S/C10H13N5O/c16-7(6-1-2-6)3-11-9-8-10(13-4-12-8)15-5-14-9/h4-7,16H,1-3H2,(H2,11,12,13,14,15). The van der Waals surface area contributed by atoms with Crippen LogP contribution in [-0.2, 0) is 0 Å². The van der Waals surface area contributed by atoms with Gasteiger partial charge in [-0.05, 0) is 18.8 Å².